The largest absolute Gasteiger partial charge is 0.464 e. The summed E-state index contributed by atoms with van der Waals surface area (Å²) in [5, 5.41) is 8.59. The summed E-state index contributed by atoms with van der Waals surface area (Å²) in [5.41, 5.74) is 0.564. The number of amides is 1. The molecule has 0 atom stereocenters. The van der Waals surface area contributed by atoms with E-state index in [0.717, 1.165) is 0 Å². The van der Waals surface area contributed by atoms with E-state index in [0.29, 0.717) is 5.69 Å². The Hall–Kier alpha value is -2.38. The summed E-state index contributed by atoms with van der Waals surface area (Å²) in [6.07, 6.45) is 1.46. The predicted molar refractivity (Wildman–Crippen MR) is 67.5 cm³/mol. The van der Waals surface area contributed by atoms with Crippen LogP contribution in [0.5, 0.6) is 0 Å². The van der Waals surface area contributed by atoms with Gasteiger partial charge < -0.3 is 14.8 Å². The molecular formula is C12H17N3O5. The molecule has 8 nitrogen and oxygen atoms in total. The lowest BCUT2D eigenvalue weighted by molar-refractivity contribution is -0.159. The van der Waals surface area contributed by atoms with E-state index in [1.807, 2.05) is 0 Å². The Morgan fingerprint density at radius 1 is 1.25 bits per heavy atom. The maximum atomic E-state index is 11.8. The van der Waals surface area contributed by atoms with E-state index in [-0.39, 0.29) is 19.6 Å². The van der Waals surface area contributed by atoms with Crippen molar-refractivity contribution in [1.82, 2.24) is 15.5 Å². The molecule has 20 heavy (non-hydrogen) atoms. The summed E-state index contributed by atoms with van der Waals surface area (Å²) < 4.78 is 9.47. The van der Waals surface area contributed by atoms with E-state index >= 15 is 0 Å². The third-order valence-corrected chi connectivity index (χ3v) is 2.26. The molecule has 0 saturated heterocycles. The van der Waals surface area contributed by atoms with Crippen molar-refractivity contribution < 1.29 is 23.9 Å². The zero-order chi connectivity index (χ0) is 15.0. The molecule has 0 aromatic carbocycles. The second-order valence-electron chi connectivity index (χ2n) is 3.76. The summed E-state index contributed by atoms with van der Waals surface area (Å²) in [6.45, 7) is 3.41. The van der Waals surface area contributed by atoms with Crippen molar-refractivity contribution >= 4 is 17.8 Å². The molecule has 0 unspecified atom stereocenters. The van der Waals surface area contributed by atoms with Gasteiger partial charge in [-0.3, -0.25) is 9.89 Å². The lowest BCUT2D eigenvalue weighted by atomic mass is 10.2. The summed E-state index contributed by atoms with van der Waals surface area (Å²) in [4.78, 5) is 35.0. The first-order valence-corrected chi connectivity index (χ1v) is 6.19. The molecule has 0 aliphatic carbocycles. The van der Waals surface area contributed by atoms with Crippen LogP contribution in [0.1, 0.15) is 19.5 Å². The molecule has 0 fully saturated rings. The monoisotopic (exact) mass is 283 g/mol. The number of hydrogen-bond donors (Lipinski definition) is 2. The third-order valence-electron chi connectivity index (χ3n) is 2.26. The van der Waals surface area contributed by atoms with Gasteiger partial charge in [0.15, 0.2) is 0 Å². The van der Waals surface area contributed by atoms with Crippen molar-refractivity contribution in [1.29, 1.82) is 0 Å². The first-order valence-electron chi connectivity index (χ1n) is 6.19. The van der Waals surface area contributed by atoms with Crippen LogP contribution in [-0.4, -0.2) is 47.3 Å². The molecule has 1 heterocycles. The van der Waals surface area contributed by atoms with Gasteiger partial charge in [0.1, 0.15) is 0 Å². The molecule has 0 radical (unpaired) electrons. The van der Waals surface area contributed by atoms with Crippen molar-refractivity contribution in [2.24, 2.45) is 0 Å². The molecule has 0 bridgehead atoms. The molecule has 1 aromatic rings. The Bertz CT molecular complexity index is 440. The zero-order valence-corrected chi connectivity index (χ0v) is 11.3. The maximum absolute atomic E-state index is 11.8. The number of nitrogens with zero attached hydrogens (tertiary/aromatic N) is 1. The lowest BCUT2D eigenvalue weighted by Gasteiger charge is -2.15. The van der Waals surface area contributed by atoms with Gasteiger partial charge in [-0.2, -0.15) is 5.10 Å². The van der Waals surface area contributed by atoms with Crippen LogP contribution in [-0.2, 0) is 30.3 Å². The number of rotatable bonds is 7. The van der Waals surface area contributed by atoms with Crippen LogP contribution in [0.25, 0.3) is 0 Å². The number of aromatic amines is 1. The fourth-order valence-electron chi connectivity index (χ4n) is 1.43. The standard InChI is InChI=1S/C12H17N3O5/c1-3-19-11(17)10(12(18)20-4-2)14-9(16)7-8-5-6-13-15-8/h5-6,10H,3-4,7H2,1-2H3,(H,13,15)(H,14,16). The highest BCUT2D eigenvalue weighted by atomic mass is 16.6. The third kappa shape index (κ3) is 4.71. The van der Waals surface area contributed by atoms with E-state index in [4.69, 9.17) is 9.47 Å². The van der Waals surface area contributed by atoms with Gasteiger partial charge >= 0.3 is 11.9 Å². The summed E-state index contributed by atoms with van der Waals surface area (Å²) in [6, 6.07) is 0.161. The van der Waals surface area contributed by atoms with E-state index in [1.165, 1.54) is 6.20 Å². The Labute approximate surface area is 115 Å². The topological polar surface area (TPSA) is 110 Å². The molecule has 0 spiro atoms. The Morgan fingerprint density at radius 2 is 1.85 bits per heavy atom. The summed E-state index contributed by atoms with van der Waals surface area (Å²) in [5.74, 6) is -2.20. The van der Waals surface area contributed by atoms with Crippen LogP contribution < -0.4 is 5.32 Å². The molecule has 0 aliphatic rings. The van der Waals surface area contributed by atoms with Crippen molar-refractivity contribution in [3.63, 3.8) is 0 Å². The number of H-pyrrole nitrogens is 1. The lowest BCUT2D eigenvalue weighted by Crippen LogP contribution is -2.48. The minimum absolute atomic E-state index is 0.0324. The summed E-state index contributed by atoms with van der Waals surface area (Å²) >= 11 is 0. The summed E-state index contributed by atoms with van der Waals surface area (Å²) in [7, 11) is 0. The molecule has 1 rings (SSSR count). The van der Waals surface area contributed by atoms with Crippen molar-refractivity contribution in [3.8, 4) is 0 Å². The molecule has 110 valence electrons. The highest BCUT2D eigenvalue weighted by molar-refractivity contribution is 6.02. The Balaban J connectivity index is 2.65. The SMILES string of the molecule is CCOC(=O)C(NC(=O)Cc1ccn[nH]1)C(=O)OCC. The Kier molecular flexibility index (Phi) is 6.21. The second kappa shape index (κ2) is 7.93. The first-order chi connectivity index (χ1) is 9.58. The number of esters is 2. The van der Waals surface area contributed by atoms with Gasteiger partial charge in [0.25, 0.3) is 0 Å². The molecule has 0 saturated carbocycles. The smallest absolute Gasteiger partial charge is 0.340 e. The van der Waals surface area contributed by atoms with Crippen molar-refractivity contribution in [2.75, 3.05) is 13.2 Å². The zero-order valence-electron chi connectivity index (χ0n) is 11.3. The van der Waals surface area contributed by atoms with Crippen LogP contribution in [0.4, 0.5) is 0 Å². The van der Waals surface area contributed by atoms with Gasteiger partial charge in [-0.1, -0.05) is 0 Å². The first kappa shape index (κ1) is 15.7. The van der Waals surface area contributed by atoms with Crippen LogP contribution in [0.2, 0.25) is 0 Å². The van der Waals surface area contributed by atoms with Gasteiger partial charge in [0.2, 0.25) is 11.9 Å². The fraction of sp³-hybridized carbons (Fsp3) is 0.500. The van der Waals surface area contributed by atoms with Gasteiger partial charge in [0, 0.05) is 11.9 Å². The minimum atomic E-state index is -1.45. The quantitative estimate of drug-likeness (QED) is 0.518. The van der Waals surface area contributed by atoms with E-state index in [2.05, 4.69) is 15.5 Å². The van der Waals surface area contributed by atoms with Crippen molar-refractivity contribution in [2.45, 2.75) is 26.3 Å². The molecular weight excluding hydrogens is 266 g/mol. The van der Waals surface area contributed by atoms with Crippen molar-refractivity contribution in [3.05, 3.63) is 18.0 Å². The molecule has 8 heteroatoms. The van der Waals surface area contributed by atoms with E-state index in [9.17, 15) is 14.4 Å². The van der Waals surface area contributed by atoms with Crippen LogP contribution in [0.15, 0.2) is 12.3 Å². The minimum Gasteiger partial charge on any atom is -0.464 e. The molecule has 0 aliphatic heterocycles. The van der Waals surface area contributed by atoms with Gasteiger partial charge in [-0.05, 0) is 19.9 Å². The van der Waals surface area contributed by atoms with Gasteiger partial charge in [-0.15, -0.1) is 0 Å². The van der Waals surface area contributed by atoms with Crippen LogP contribution in [0, 0.1) is 0 Å². The van der Waals surface area contributed by atoms with E-state index in [1.54, 1.807) is 19.9 Å². The van der Waals surface area contributed by atoms with Gasteiger partial charge in [0.05, 0.1) is 19.6 Å². The number of aromatic nitrogens is 2. The molecule has 2 N–H and O–H groups in total. The van der Waals surface area contributed by atoms with Crippen LogP contribution in [0.3, 0.4) is 0 Å². The predicted octanol–water partition coefficient (Wildman–Crippen LogP) is -0.437. The second-order valence-corrected chi connectivity index (χ2v) is 3.76. The average molecular weight is 283 g/mol. The highest BCUT2D eigenvalue weighted by Crippen LogP contribution is 1.98. The molecule has 1 aromatic heterocycles. The molecule has 1 amide bonds. The highest BCUT2D eigenvalue weighted by Gasteiger charge is 2.31. The average Bonchev–Trinajstić information content (AvgIpc) is 2.89. The normalized spacial score (nSPS) is 10.2. The number of carbonyl (C=O) groups excluding carboxylic acids is 3. The van der Waals surface area contributed by atoms with Gasteiger partial charge in [-0.25, -0.2) is 9.59 Å². The van der Waals surface area contributed by atoms with E-state index < -0.39 is 23.9 Å². The fourth-order valence-corrected chi connectivity index (χ4v) is 1.43. The number of hydrogen-bond acceptors (Lipinski definition) is 6. The number of nitrogens with one attached hydrogen (secondary N) is 2. The Morgan fingerprint density at radius 3 is 2.30 bits per heavy atom. The number of ether oxygens (including phenoxy) is 2. The number of carbonyl (C=O) groups is 3. The van der Waals surface area contributed by atoms with Crippen LogP contribution >= 0.6 is 0 Å². The maximum Gasteiger partial charge on any atom is 0.340 e.